The Balaban J connectivity index is 1.99. The Kier molecular flexibility index (Phi) is 4.37. The Morgan fingerprint density at radius 2 is 1.22 bits per heavy atom. The van der Waals surface area contributed by atoms with Crippen molar-refractivity contribution in [2.45, 2.75) is 0 Å². The van der Waals surface area contributed by atoms with E-state index in [1.54, 1.807) is 24.3 Å². The first-order valence-corrected chi connectivity index (χ1v) is 7.07. The number of ether oxygens (including phenoxy) is 2. The van der Waals surface area contributed by atoms with Crippen molar-refractivity contribution in [3.63, 3.8) is 0 Å². The Bertz CT molecular complexity index is 786. The molecule has 5 nitrogen and oxygen atoms in total. The second kappa shape index (κ2) is 6.77. The molecule has 2 aromatic carbocycles. The van der Waals surface area contributed by atoms with Gasteiger partial charge in [0.05, 0.1) is 0 Å². The lowest BCUT2D eigenvalue weighted by Gasteiger charge is -2.10. The summed E-state index contributed by atoms with van der Waals surface area (Å²) >= 11 is 5.92. The van der Waals surface area contributed by atoms with E-state index < -0.39 is 0 Å². The van der Waals surface area contributed by atoms with E-state index in [9.17, 15) is 5.26 Å². The highest BCUT2D eigenvalue weighted by atomic mass is 35.5. The number of benzene rings is 2. The van der Waals surface area contributed by atoms with Gasteiger partial charge in [-0.15, -0.1) is 0 Å². The maximum absolute atomic E-state index is 9.41. The van der Waals surface area contributed by atoms with E-state index in [4.69, 9.17) is 21.1 Å². The molecule has 0 saturated carbocycles. The van der Waals surface area contributed by atoms with Crippen LogP contribution in [0.3, 0.4) is 0 Å². The second-order valence-electron chi connectivity index (χ2n) is 4.42. The van der Waals surface area contributed by atoms with Crippen molar-refractivity contribution < 1.29 is 9.47 Å². The Hall–Kier alpha value is -3.10. The highest BCUT2D eigenvalue weighted by Crippen LogP contribution is 2.32. The van der Waals surface area contributed by atoms with Gasteiger partial charge < -0.3 is 9.47 Å². The first kappa shape index (κ1) is 14.8. The van der Waals surface area contributed by atoms with Crippen molar-refractivity contribution in [2.24, 2.45) is 0 Å². The fraction of sp³-hybridized carbons (Fsp3) is 0. The molecule has 1 aromatic heterocycles. The molecule has 0 radical (unpaired) electrons. The van der Waals surface area contributed by atoms with Gasteiger partial charge in [0, 0.05) is 0 Å². The number of hydrogen-bond donors (Lipinski definition) is 0. The predicted octanol–water partition coefficient (Wildman–Crippen LogP) is 4.59. The number of halogens is 1. The van der Waals surface area contributed by atoms with Crippen LogP contribution >= 0.6 is 11.6 Å². The first-order valence-electron chi connectivity index (χ1n) is 6.69. The summed E-state index contributed by atoms with van der Waals surface area (Å²) in [7, 11) is 0. The zero-order valence-corrected chi connectivity index (χ0v) is 12.6. The van der Waals surface area contributed by atoms with Crippen molar-refractivity contribution in [3.05, 3.63) is 71.5 Å². The molecule has 0 aliphatic rings. The third-order valence-corrected chi connectivity index (χ3v) is 3.01. The minimum Gasteiger partial charge on any atom is -0.437 e. The molecule has 0 saturated heterocycles. The van der Waals surface area contributed by atoms with Crippen LogP contribution in [0.1, 0.15) is 5.56 Å². The van der Waals surface area contributed by atoms with Crippen molar-refractivity contribution in [3.8, 4) is 29.3 Å². The van der Waals surface area contributed by atoms with Gasteiger partial charge in [0.15, 0.2) is 5.56 Å². The topological polar surface area (TPSA) is 68.0 Å². The zero-order valence-electron chi connectivity index (χ0n) is 11.8. The summed E-state index contributed by atoms with van der Waals surface area (Å²) in [6.07, 6.45) is 0. The Labute approximate surface area is 137 Å². The predicted molar refractivity (Wildman–Crippen MR) is 84.8 cm³/mol. The quantitative estimate of drug-likeness (QED) is 0.657. The van der Waals surface area contributed by atoms with Gasteiger partial charge >= 0.3 is 0 Å². The molecule has 0 aliphatic carbocycles. The molecule has 3 aromatic rings. The van der Waals surface area contributed by atoms with Gasteiger partial charge in [0.25, 0.3) is 0 Å². The first-order chi connectivity index (χ1) is 11.3. The highest BCUT2D eigenvalue weighted by Gasteiger charge is 2.18. The number of aromatic nitrogens is 2. The van der Waals surface area contributed by atoms with Crippen LogP contribution in [-0.4, -0.2) is 9.97 Å². The van der Waals surface area contributed by atoms with Crippen LogP contribution in [0.4, 0.5) is 0 Å². The smallest absolute Gasteiger partial charge is 0.245 e. The van der Waals surface area contributed by atoms with Crippen LogP contribution in [0, 0.1) is 11.3 Å². The normalized spacial score (nSPS) is 9.91. The molecule has 112 valence electrons. The fourth-order valence-corrected chi connectivity index (χ4v) is 1.99. The monoisotopic (exact) mass is 323 g/mol. The Morgan fingerprint density at radius 1 is 0.783 bits per heavy atom. The summed E-state index contributed by atoms with van der Waals surface area (Å²) in [5.41, 5.74) is 0.0714. The lowest BCUT2D eigenvalue weighted by atomic mass is 10.3. The van der Waals surface area contributed by atoms with Gasteiger partial charge in [0.2, 0.25) is 17.0 Å². The second-order valence-corrected chi connectivity index (χ2v) is 4.76. The number of hydrogen-bond acceptors (Lipinski definition) is 5. The average molecular weight is 324 g/mol. The molecule has 3 rings (SSSR count). The van der Waals surface area contributed by atoms with E-state index in [2.05, 4.69) is 9.97 Å². The van der Waals surface area contributed by atoms with Crippen LogP contribution in [-0.2, 0) is 0 Å². The molecule has 6 heteroatoms. The molecule has 0 bridgehead atoms. The number of para-hydroxylation sites is 2. The molecule has 0 fully saturated rings. The van der Waals surface area contributed by atoms with Gasteiger partial charge in [0.1, 0.15) is 17.6 Å². The van der Waals surface area contributed by atoms with Crippen molar-refractivity contribution >= 4 is 11.6 Å². The van der Waals surface area contributed by atoms with Crippen LogP contribution in [0.2, 0.25) is 5.28 Å². The largest absolute Gasteiger partial charge is 0.437 e. The van der Waals surface area contributed by atoms with Gasteiger partial charge in [-0.3, -0.25) is 0 Å². The van der Waals surface area contributed by atoms with Crippen LogP contribution in [0.25, 0.3) is 0 Å². The molecule has 0 unspecified atom stereocenters. The molecular weight excluding hydrogens is 314 g/mol. The summed E-state index contributed by atoms with van der Waals surface area (Å²) in [5, 5.41) is 9.34. The lowest BCUT2D eigenvalue weighted by molar-refractivity contribution is 0.431. The minimum atomic E-state index is -0.0686. The van der Waals surface area contributed by atoms with E-state index >= 15 is 0 Å². The highest BCUT2D eigenvalue weighted by molar-refractivity contribution is 6.28. The van der Waals surface area contributed by atoms with Gasteiger partial charge in [-0.25, -0.2) is 0 Å². The summed E-state index contributed by atoms with van der Waals surface area (Å²) in [6.45, 7) is 0. The van der Waals surface area contributed by atoms with Crippen molar-refractivity contribution in [2.75, 3.05) is 0 Å². The van der Waals surface area contributed by atoms with E-state index in [1.807, 2.05) is 42.5 Å². The number of rotatable bonds is 4. The molecular formula is C17H10ClN3O2. The van der Waals surface area contributed by atoms with E-state index in [-0.39, 0.29) is 22.6 Å². The van der Waals surface area contributed by atoms with Crippen LogP contribution in [0.15, 0.2) is 60.7 Å². The Morgan fingerprint density at radius 3 is 1.61 bits per heavy atom. The van der Waals surface area contributed by atoms with Crippen LogP contribution < -0.4 is 9.47 Å². The van der Waals surface area contributed by atoms with E-state index in [0.29, 0.717) is 11.5 Å². The maximum atomic E-state index is 9.41. The summed E-state index contributed by atoms with van der Waals surface area (Å²) in [5.74, 6) is 1.16. The minimum absolute atomic E-state index is 0.0460. The number of nitriles is 1. The molecule has 0 amide bonds. The molecule has 1 heterocycles. The summed E-state index contributed by atoms with van der Waals surface area (Å²) in [4.78, 5) is 7.94. The standard InChI is InChI=1S/C17H10ClN3O2/c18-17-20-15(22-12-7-3-1-4-8-12)14(11-19)16(21-17)23-13-9-5-2-6-10-13/h1-10H. The summed E-state index contributed by atoms with van der Waals surface area (Å²) < 4.78 is 11.2. The van der Waals surface area contributed by atoms with Crippen LogP contribution in [0.5, 0.6) is 23.3 Å². The van der Waals surface area contributed by atoms with E-state index in [1.165, 1.54) is 0 Å². The zero-order chi connectivity index (χ0) is 16.1. The summed E-state index contributed by atoms with van der Waals surface area (Å²) in [6, 6.07) is 19.9. The lowest BCUT2D eigenvalue weighted by Crippen LogP contribution is -1.99. The SMILES string of the molecule is N#Cc1c(Oc2ccccc2)nc(Cl)nc1Oc1ccccc1. The molecule has 0 aliphatic heterocycles. The average Bonchev–Trinajstić information content (AvgIpc) is 2.56. The van der Waals surface area contributed by atoms with Gasteiger partial charge in [-0.1, -0.05) is 36.4 Å². The molecule has 23 heavy (non-hydrogen) atoms. The fourth-order valence-electron chi connectivity index (χ4n) is 1.84. The van der Waals surface area contributed by atoms with Gasteiger partial charge in [-0.05, 0) is 35.9 Å². The third kappa shape index (κ3) is 3.57. The van der Waals surface area contributed by atoms with Crippen molar-refractivity contribution in [1.82, 2.24) is 9.97 Å². The molecule has 0 spiro atoms. The van der Waals surface area contributed by atoms with E-state index in [0.717, 1.165) is 0 Å². The molecule has 0 N–H and O–H groups in total. The van der Waals surface area contributed by atoms with Gasteiger partial charge in [-0.2, -0.15) is 15.2 Å². The molecule has 0 atom stereocenters. The van der Waals surface area contributed by atoms with Crippen molar-refractivity contribution in [1.29, 1.82) is 5.26 Å². The number of nitrogens with zero attached hydrogens (tertiary/aromatic N) is 3. The maximum Gasteiger partial charge on any atom is 0.245 e. The third-order valence-electron chi connectivity index (χ3n) is 2.84.